The van der Waals surface area contributed by atoms with Crippen LogP contribution in [0.2, 0.25) is 0 Å². The summed E-state index contributed by atoms with van der Waals surface area (Å²) in [4.78, 5) is 15.7. The van der Waals surface area contributed by atoms with Crippen LogP contribution in [-0.4, -0.2) is 42.6 Å². The predicted octanol–water partition coefficient (Wildman–Crippen LogP) is 5.41. The molecule has 0 radical (unpaired) electrons. The number of nitrogens with two attached hydrogens (primary N) is 1. The fourth-order valence-electron chi connectivity index (χ4n) is 5.41. The van der Waals surface area contributed by atoms with Crippen molar-refractivity contribution in [3.8, 4) is 11.5 Å². The highest BCUT2D eigenvalue weighted by Crippen LogP contribution is 2.42. The van der Waals surface area contributed by atoms with Crippen molar-refractivity contribution in [2.45, 2.75) is 63.0 Å². The third kappa shape index (κ3) is 5.46. The first-order valence-corrected chi connectivity index (χ1v) is 12.6. The van der Waals surface area contributed by atoms with Gasteiger partial charge in [0.25, 0.3) is 0 Å². The molecule has 35 heavy (non-hydrogen) atoms. The minimum absolute atomic E-state index is 0.110. The largest absolute Gasteiger partial charge is 0.497 e. The van der Waals surface area contributed by atoms with Crippen LogP contribution in [-0.2, 0) is 10.2 Å². The van der Waals surface area contributed by atoms with E-state index in [1.165, 1.54) is 0 Å². The van der Waals surface area contributed by atoms with Crippen LogP contribution in [0.25, 0.3) is 0 Å². The number of primary amides is 1. The number of hydrogen-bond acceptors (Lipinski definition) is 4. The van der Waals surface area contributed by atoms with E-state index in [-0.39, 0.29) is 17.6 Å². The number of rotatable bonds is 10. The molecule has 2 atom stereocenters. The Morgan fingerprint density at radius 3 is 2.51 bits per heavy atom. The van der Waals surface area contributed by atoms with Crippen molar-refractivity contribution in [3.05, 3.63) is 84.0 Å². The maximum atomic E-state index is 13.2. The van der Waals surface area contributed by atoms with E-state index in [4.69, 9.17) is 15.2 Å². The summed E-state index contributed by atoms with van der Waals surface area (Å²) in [7, 11) is 1.67. The third-order valence-corrected chi connectivity index (χ3v) is 7.63. The molecule has 1 unspecified atom stereocenters. The molecule has 2 aliphatic rings. The first kappa shape index (κ1) is 25.1. The zero-order valence-electron chi connectivity index (χ0n) is 21.2. The van der Waals surface area contributed by atoms with Gasteiger partial charge >= 0.3 is 0 Å². The number of nitrogens with zero attached hydrogens (tertiary/aromatic N) is 1. The lowest BCUT2D eigenvalue weighted by atomic mass is 9.67. The van der Waals surface area contributed by atoms with Crippen molar-refractivity contribution >= 4 is 5.91 Å². The van der Waals surface area contributed by atoms with Gasteiger partial charge in [-0.25, -0.2) is 0 Å². The predicted molar refractivity (Wildman–Crippen MR) is 141 cm³/mol. The molecule has 1 aliphatic heterocycles. The number of likely N-dealkylation sites (tertiary alicyclic amines) is 1. The lowest BCUT2D eigenvalue weighted by molar-refractivity contribution is -0.122. The molecular formula is C30H38N2O3. The van der Waals surface area contributed by atoms with Crippen LogP contribution >= 0.6 is 0 Å². The molecule has 0 bridgehead atoms. The molecule has 5 heteroatoms. The van der Waals surface area contributed by atoms with Crippen LogP contribution in [0.15, 0.2) is 78.4 Å². The van der Waals surface area contributed by atoms with Crippen LogP contribution in [0.1, 0.15) is 51.5 Å². The van der Waals surface area contributed by atoms with Crippen LogP contribution < -0.4 is 15.2 Å². The van der Waals surface area contributed by atoms with Gasteiger partial charge in [0.1, 0.15) is 17.6 Å². The highest BCUT2D eigenvalue weighted by molar-refractivity contribution is 5.91. The van der Waals surface area contributed by atoms with Gasteiger partial charge in [0, 0.05) is 24.7 Å². The number of benzene rings is 2. The van der Waals surface area contributed by atoms with E-state index in [1.54, 1.807) is 7.11 Å². The second kappa shape index (κ2) is 10.7. The molecule has 2 aromatic rings. The normalized spacial score (nSPS) is 20.2. The Bertz CT molecular complexity index is 1080. The molecule has 1 saturated heterocycles. The Labute approximate surface area is 209 Å². The molecule has 0 saturated carbocycles. The van der Waals surface area contributed by atoms with Crippen LogP contribution in [0.4, 0.5) is 0 Å². The van der Waals surface area contributed by atoms with Gasteiger partial charge in [0.15, 0.2) is 0 Å². The maximum Gasteiger partial charge on any atom is 0.232 e. The molecule has 1 fully saturated rings. The van der Waals surface area contributed by atoms with Crippen molar-refractivity contribution in [2.75, 3.05) is 20.2 Å². The molecule has 2 aromatic carbocycles. The average Bonchev–Trinajstić information content (AvgIpc) is 3.35. The number of amides is 1. The molecule has 0 aromatic heterocycles. The van der Waals surface area contributed by atoms with E-state index in [9.17, 15) is 4.79 Å². The van der Waals surface area contributed by atoms with E-state index >= 15 is 0 Å². The number of carbonyl (C=O) groups excluding carboxylic acids is 1. The van der Waals surface area contributed by atoms with Gasteiger partial charge in [-0.15, -0.1) is 0 Å². The molecule has 2 N–H and O–H groups in total. The lowest BCUT2D eigenvalue weighted by Crippen LogP contribution is -2.48. The second-order valence-electron chi connectivity index (χ2n) is 10.2. The van der Waals surface area contributed by atoms with E-state index < -0.39 is 5.41 Å². The Balaban J connectivity index is 1.50. The Kier molecular flexibility index (Phi) is 7.66. The fourth-order valence-corrected chi connectivity index (χ4v) is 5.41. The second-order valence-corrected chi connectivity index (χ2v) is 10.2. The molecule has 1 heterocycles. The van der Waals surface area contributed by atoms with Gasteiger partial charge < -0.3 is 15.2 Å². The number of carbonyl (C=O) groups is 1. The number of methoxy groups -OCH3 is 1. The molecule has 0 spiro atoms. The Morgan fingerprint density at radius 1 is 1.06 bits per heavy atom. The van der Waals surface area contributed by atoms with E-state index in [0.29, 0.717) is 6.42 Å². The monoisotopic (exact) mass is 474 g/mol. The van der Waals surface area contributed by atoms with Gasteiger partial charge in [-0.2, -0.15) is 0 Å². The SMILES string of the molecule is COc1cccc(O[C@@H]2CCN(C(C)(C)CCC(C(N)=O)(C3=CCCC=C3)c3ccccc3)C2)c1. The summed E-state index contributed by atoms with van der Waals surface area (Å²) < 4.78 is 11.6. The summed E-state index contributed by atoms with van der Waals surface area (Å²) in [6, 6.07) is 17.8. The third-order valence-electron chi connectivity index (χ3n) is 7.63. The number of hydrogen-bond donors (Lipinski definition) is 1. The molecule has 5 nitrogen and oxygen atoms in total. The van der Waals surface area contributed by atoms with Crippen LogP contribution in [0, 0.1) is 0 Å². The van der Waals surface area contributed by atoms with Crippen molar-refractivity contribution in [1.82, 2.24) is 4.90 Å². The van der Waals surface area contributed by atoms with Gasteiger partial charge in [0.2, 0.25) is 5.91 Å². The number of ether oxygens (including phenoxy) is 2. The molecule has 186 valence electrons. The van der Waals surface area contributed by atoms with Gasteiger partial charge in [-0.3, -0.25) is 9.69 Å². The van der Waals surface area contributed by atoms with Crippen molar-refractivity contribution < 1.29 is 14.3 Å². The standard InChI is InChI=1S/C30H38N2O3/c1-29(2,32-20-17-27(22-32)35-26-16-10-15-25(21-26)34-3)18-19-30(28(31)33,23-11-6-4-7-12-23)24-13-8-5-9-14-24/h4,6-8,10-16,21,27H,5,9,17-20,22H2,1-3H3,(H2,31,33)/t27-,30?/m1/s1. The zero-order chi connectivity index (χ0) is 24.9. The minimum Gasteiger partial charge on any atom is -0.497 e. The van der Waals surface area contributed by atoms with Crippen molar-refractivity contribution in [1.29, 1.82) is 0 Å². The highest BCUT2D eigenvalue weighted by atomic mass is 16.5. The fraction of sp³-hybridized carbons (Fsp3) is 0.433. The van der Waals surface area contributed by atoms with Gasteiger partial charge in [0.05, 0.1) is 12.5 Å². The van der Waals surface area contributed by atoms with Crippen LogP contribution in [0.3, 0.4) is 0 Å². The van der Waals surface area contributed by atoms with Crippen molar-refractivity contribution in [3.63, 3.8) is 0 Å². The van der Waals surface area contributed by atoms with E-state index in [2.05, 4.69) is 37.0 Å². The zero-order valence-corrected chi connectivity index (χ0v) is 21.2. The summed E-state index contributed by atoms with van der Waals surface area (Å²) in [5.74, 6) is 1.35. The summed E-state index contributed by atoms with van der Waals surface area (Å²) in [6.45, 7) is 6.34. The minimum atomic E-state index is -0.828. The van der Waals surface area contributed by atoms with Crippen LogP contribution in [0.5, 0.6) is 11.5 Å². The Hall–Kier alpha value is -3.05. The average molecular weight is 475 g/mol. The van der Waals surface area contributed by atoms with Crippen molar-refractivity contribution in [2.24, 2.45) is 5.73 Å². The summed E-state index contributed by atoms with van der Waals surface area (Å²) >= 11 is 0. The van der Waals surface area contributed by atoms with Gasteiger partial charge in [-0.05, 0) is 69.2 Å². The summed E-state index contributed by atoms with van der Waals surface area (Å²) in [5, 5.41) is 0. The molecular weight excluding hydrogens is 436 g/mol. The lowest BCUT2D eigenvalue weighted by Gasteiger charge is -2.40. The molecule has 4 rings (SSSR count). The summed E-state index contributed by atoms with van der Waals surface area (Å²) in [6.07, 6.45) is 11.0. The quantitative estimate of drug-likeness (QED) is 0.500. The first-order valence-electron chi connectivity index (χ1n) is 12.6. The molecule has 1 aliphatic carbocycles. The maximum absolute atomic E-state index is 13.2. The topological polar surface area (TPSA) is 64.8 Å². The molecule has 1 amide bonds. The Morgan fingerprint density at radius 2 is 1.83 bits per heavy atom. The first-order chi connectivity index (χ1) is 16.8. The summed E-state index contributed by atoms with van der Waals surface area (Å²) in [5.41, 5.74) is 7.25. The smallest absolute Gasteiger partial charge is 0.232 e. The highest BCUT2D eigenvalue weighted by Gasteiger charge is 2.44. The number of allylic oxidation sites excluding steroid dienone is 3. The van der Waals surface area contributed by atoms with E-state index in [1.807, 2.05) is 54.6 Å². The van der Waals surface area contributed by atoms with E-state index in [0.717, 1.165) is 61.4 Å². The van der Waals surface area contributed by atoms with Gasteiger partial charge in [-0.1, -0.05) is 54.6 Å².